The fraction of sp³-hybridized carbons (Fsp3) is 0.0714. The number of aromatic amines is 4. The molecule has 0 aliphatic heterocycles. The number of hydrogen-bond donors (Lipinski definition) is 4. The van der Waals surface area contributed by atoms with Crippen molar-refractivity contribution in [2.45, 2.75) is 53.0 Å². The van der Waals surface area contributed by atoms with Gasteiger partial charge in [-0.1, -0.05) is 24.3 Å². The first-order valence-electron chi connectivity index (χ1n) is 28.0. The summed E-state index contributed by atoms with van der Waals surface area (Å²) in [6, 6.07) is 15.5. The molecule has 10 aromatic rings. The van der Waals surface area contributed by atoms with Gasteiger partial charge in [-0.15, -0.1) is 0 Å². The van der Waals surface area contributed by atoms with Crippen molar-refractivity contribution in [3.8, 4) is 11.5 Å². The Labute approximate surface area is 833 Å². The van der Waals surface area contributed by atoms with Gasteiger partial charge in [-0.25, -0.2) is 87.3 Å². The summed E-state index contributed by atoms with van der Waals surface area (Å²) < 4.78 is 306. The Morgan fingerprint density at radius 1 is 0.333 bits per heavy atom. The fourth-order valence-corrected chi connectivity index (χ4v) is 15.5. The molecule has 40 nitrogen and oxygen atoms in total. The van der Waals surface area contributed by atoms with E-state index in [0.717, 1.165) is 48.6 Å². The van der Waals surface area contributed by atoms with Gasteiger partial charge in [0.1, 0.15) is 104 Å². The van der Waals surface area contributed by atoms with E-state index in [1.54, 1.807) is 0 Å². The number of H-pyrrole nitrogens is 4. The first-order chi connectivity index (χ1) is 49.0. The van der Waals surface area contributed by atoms with Crippen LogP contribution < -0.4 is 268 Å². The van der Waals surface area contributed by atoms with Crippen LogP contribution >= 0.6 is 23.2 Å². The van der Waals surface area contributed by atoms with Crippen LogP contribution in [0.25, 0.3) is 33.7 Å². The van der Waals surface area contributed by atoms with Crippen LogP contribution in [0.15, 0.2) is 189 Å². The number of nitrogens with zero attached hydrogens (tertiary/aromatic N) is 10. The van der Waals surface area contributed by atoms with Crippen LogP contribution in [0.4, 0.5) is 45.5 Å². The smallest absolute Gasteiger partial charge is 0.744 e. The minimum Gasteiger partial charge on any atom is -0.744 e. The number of aromatic nitrogens is 6. The summed E-state index contributed by atoms with van der Waals surface area (Å²) in [5.41, 5.74) is -2.84. The number of aryl methyl sites for hydroxylation is 2. The maximum Gasteiger partial charge on any atom is 1.00 e. The van der Waals surface area contributed by atoms with Crippen LogP contribution in [-0.2, 0) is 80.9 Å². The van der Waals surface area contributed by atoms with E-state index in [1.807, 2.05) is 0 Å². The molecule has 2 aromatic heterocycles. The molecule has 556 valence electrons. The Balaban J connectivity index is 0.00000551. The van der Waals surface area contributed by atoms with Gasteiger partial charge in [-0.2, -0.15) is 30.4 Å². The molecule has 0 saturated heterocycles. The minimum atomic E-state index is -5.64. The average Bonchev–Trinajstić information content (AvgIpc) is 0.748. The van der Waals surface area contributed by atoms with Crippen molar-refractivity contribution in [2.75, 3.05) is 14.2 Å². The van der Waals surface area contributed by atoms with Gasteiger partial charge < -0.3 is 55.9 Å². The topological polar surface area (TPSA) is 664 Å². The molecular weight excluding hydrogens is 1800 g/mol. The predicted octanol–water partition coefficient (Wildman–Crippen LogP) is -18.8. The number of benzene rings is 8. The van der Waals surface area contributed by atoms with E-state index in [1.165, 1.54) is 64.5 Å². The Kier molecular flexibility index (Phi) is 40.1. The Morgan fingerprint density at radius 3 is 0.912 bits per heavy atom. The molecule has 58 heteroatoms. The summed E-state index contributed by atoms with van der Waals surface area (Å²) in [6.45, 7) is 2.96. The van der Waals surface area contributed by atoms with Gasteiger partial charge in [-0.3, -0.25) is 9.97 Å². The van der Waals surface area contributed by atoms with Crippen molar-refractivity contribution in [3.05, 3.63) is 164 Å². The molecule has 0 amide bonds. The van der Waals surface area contributed by atoms with E-state index < -0.39 is 153 Å². The normalized spacial score (nSPS) is 12.9. The molecule has 0 unspecified atom stereocenters. The van der Waals surface area contributed by atoms with E-state index >= 15 is 0 Å². The molecule has 0 saturated carbocycles. The Morgan fingerprint density at radius 2 is 0.623 bits per heavy atom. The quantitative estimate of drug-likeness (QED) is 0.0238. The van der Waals surface area contributed by atoms with Gasteiger partial charge in [0.15, 0.2) is 0 Å². The first-order valence-corrected chi connectivity index (χ1v) is 40.1. The van der Waals surface area contributed by atoms with Gasteiger partial charge in [0, 0.05) is 33.7 Å². The van der Waals surface area contributed by atoms with Crippen LogP contribution in [0.5, 0.6) is 11.5 Å². The first kappa shape index (κ1) is 108. The number of rotatable bonds is 20. The van der Waals surface area contributed by atoms with E-state index in [9.17, 15) is 104 Å². The maximum absolute atomic E-state index is 12.8. The van der Waals surface area contributed by atoms with E-state index in [0.29, 0.717) is 24.3 Å². The van der Waals surface area contributed by atoms with Crippen LogP contribution in [0.3, 0.4) is 0 Å². The van der Waals surface area contributed by atoms with Crippen LogP contribution in [0.1, 0.15) is 22.3 Å². The van der Waals surface area contributed by atoms with Crippen molar-refractivity contribution in [3.63, 3.8) is 0 Å². The molecule has 0 radical (unpaired) electrons. The number of halogens is 2. The van der Waals surface area contributed by atoms with Crippen LogP contribution in [0, 0.1) is 13.8 Å². The SMILES string of the molecule is COc1cc(N=Nc2cc(S(=O)(=O)[O-])c3cc(S(=O)(=O)[O-])cc(S(=O)(=O)[O-])c3c2)c(C)cc1N=c1[nH]c(Cl)nc(=Nc2ccc(/C=C/c3ccc(N=c4nc(Cl)[nH]c(=Nc5cc(C)c(N=Nc6cc(S(=O)(=O)[O-])c7cc(S(=O)(=O)[O-])cc(S(=O)(=O)[O-])c7c6)cc5OC)[nH]4)cc3S(=O)(=O)[O-])c(S(=O)(=O)[O-])c2)[nH]1.[Na+].[Na+].[Na+].[Na+].[Na+].[Na+].[Na+].[Na+]. The molecular formula is C56H36Cl2N14Na8O26S8. The van der Waals surface area contributed by atoms with Crippen molar-refractivity contribution in [2.24, 2.45) is 40.4 Å². The zero-order valence-corrected chi connectivity index (χ0v) is 84.7. The standard InChI is InChI=1S/C56H44Cl2N14O26S8.8Na/c1-25-11-41(43(97-3)23-39(25)71-69-31-13-35-37(47(17-31)103(85,86)87)19-33(99(73,74)75)21-49(35)105(91,92)93)61-55-65-51(57)63-53(67-55)59-29-9-7-27(45(15-29)101(79,80)81)5-6-28-8-10-30(16-46(28)102(82,83)84)60-54-64-52(58)66-56(68-54)62-42-12-26(2)40(24-44(42)98-4)72-70-32-14-36-38(48(18-32)104(88,89)90)20-34(100(76,77)78)22-50(36)106(94,95)96;;;;;;;;/h5-24H,1-4H3,(H,73,74,75)(H,76,77,78)(H,79,80,81)(H,82,83,84)(H,85,86,87)(H,88,89,90)(H,91,92,93)(H,94,95,96)(H2,59,61,63,65,67)(H2,60,62,64,66,68);;;;;;;;/q;8*+1/p-8/b6-5+,71-69?,72-70?;;;;;;;;. The summed E-state index contributed by atoms with van der Waals surface area (Å²) in [6.07, 6.45) is 2.00. The third kappa shape index (κ3) is 27.2. The van der Waals surface area contributed by atoms with E-state index in [4.69, 9.17) is 32.7 Å². The third-order valence-corrected chi connectivity index (χ3v) is 21.6. The second kappa shape index (κ2) is 42.3. The molecule has 114 heavy (non-hydrogen) atoms. The largest absolute Gasteiger partial charge is 1.00 e. The summed E-state index contributed by atoms with van der Waals surface area (Å²) in [5.74, 6) is -0.0970. The molecule has 0 aliphatic carbocycles. The summed E-state index contributed by atoms with van der Waals surface area (Å²) in [4.78, 5) is 26.2. The molecule has 0 atom stereocenters. The van der Waals surface area contributed by atoms with Crippen molar-refractivity contribution in [1.82, 2.24) is 29.9 Å². The molecule has 8 aromatic carbocycles. The number of hydrogen-bond acceptors (Lipinski definition) is 36. The zero-order chi connectivity index (χ0) is 77.9. The number of fused-ring (bicyclic) bond motifs is 2. The predicted molar refractivity (Wildman–Crippen MR) is 354 cm³/mol. The van der Waals surface area contributed by atoms with Gasteiger partial charge in [-0.05, 0) is 144 Å². The second-order valence-electron chi connectivity index (χ2n) is 21.4. The monoisotopic (exact) mass is 1830 g/mol. The van der Waals surface area contributed by atoms with Gasteiger partial charge in [0.2, 0.25) is 33.0 Å². The average molecular weight is 1830 g/mol. The minimum absolute atomic E-state index is 0. The third-order valence-electron chi connectivity index (χ3n) is 14.3. The van der Waals surface area contributed by atoms with E-state index in [2.05, 4.69) is 70.3 Å². The van der Waals surface area contributed by atoms with Crippen LogP contribution in [-0.4, -0.2) is 148 Å². The number of nitrogens with one attached hydrogen (secondary N) is 4. The molecule has 2 heterocycles. The Bertz CT molecular complexity index is 6500. The Hall–Kier alpha value is -2.10. The summed E-state index contributed by atoms with van der Waals surface area (Å²) in [7, 11) is -41.9. The molecule has 0 spiro atoms. The molecule has 0 aliphatic rings. The molecule has 0 bridgehead atoms. The number of ether oxygens (including phenoxy) is 2. The van der Waals surface area contributed by atoms with Gasteiger partial charge in [0.25, 0.3) is 0 Å². The van der Waals surface area contributed by atoms with Crippen molar-refractivity contribution in [1.29, 1.82) is 0 Å². The summed E-state index contributed by atoms with van der Waals surface area (Å²) in [5, 5.41) is 11.8. The second-order valence-corrected chi connectivity index (χ2v) is 33.0. The van der Waals surface area contributed by atoms with Gasteiger partial charge >= 0.3 is 236 Å². The number of azo groups is 2. The summed E-state index contributed by atoms with van der Waals surface area (Å²) >= 11 is 12.6. The molecule has 0 fully saturated rings. The van der Waals surface area contributed by atoms with Gasteiger partial charge in [0.05, 0.1) is 87.5 Å². The molecule has 4 N–H and O–H groups in total. The van der Waals surface area contributed by atoms with Crippen LogP contribution in [0.2, 0.25) is 10.6 Å². The fourth-order valence-electron chi connectivity index (χ4n) is 9.75. The van der Waals surface area contributed by atoms with Crippen molar-refractivity contribution < 1.29 is 350 Å². The molecule has 10 rings (SSSR count). The zero-order valence-electron chi connectivity index (χ0n) is 60.7. The maximum atomic E-state index is 12.8. The number of methoxy groups -OCH3 is 2. The van der Waals surface area contributed by atoms with Crippen molar-refractivity contribution >= 4 is 183 Å². The van der Waals surface area contributed by atoms with E-state index in [-0.39, 0.29) is 350 Å².